The molecule has 1 rings (SSSR count). The first kappa shape index (κ1) is 10.6. The summed E-state index contributed by atoms with van der Waals surface area (Å²) >= 11 is 17.3. The van der Waals surface area contributed by atoms with Crippen molar-refractivity contribution in [1.29, 1.82) is 0 Å². The van der Waals surface area contributed by atoms with Gasteiger partial charge in [0.05, 0.1) is 15.7 Å². The second-order valence-electron chi connectivity index (χ2n) is 2.37. The number of benzene rings is 1. The SMILES string of the molecule is CN([C]=O)c1c(Cl)cc(Cl)cc1Cl. The molecule has 5 heteroatoms. The van der Waals surface area contributed by atoms with Gasteiger partial charge < -0.3 is 4.90 Å². The van der Waals surface area contributed by atoms with Crippen LogP contribution in [0.5, 0.6) is 0 Å². The standard InChI is InChI=1S/C8H5Cl3NO/c1-12(4-13)8-6(10)2-5(9)3-7(8)11/h2-3H,1H3. The Bertz CT molecular complexity index is 317. The van der Waals surface area contributed by atoms with Crippen molar-refractivity contribution in [2.75, 3.05) is 11.9 Å². The summed E-state index contributed by atoms with van der Waals surface area (Å²) in [4.78, 5) is 11.5. The number of halogens is 3. The lowest BCUT2D eigenvalue weighted by molar-refractivity contribution is 0.554. The average Bonchev–Trinajstić information content (AvgIpc) is 2.02. The van der Waals surface area contributed by atoms with E-state index in [2.05, 4.69) is 0 Å². The fourth-order valence-electron chi connectivity index (χ4n) is 0.901. The van der Waals surface area contributed by atoms with E-state index in [1.54, 1.807) is 6.41 Å². The van der Waals surface area contributed by atoms with Crippen molar-refractivity contribution >= 4 is 46.9 Å². The Kier molecular flexibility index (Phi) is 3.42. The Morgan fingerprint density at radius 3 is 2.08 bits per heavy atom. The van der Waals surface area contributed by atoms with Gasteiger partial charge in [0, 0.05) is 12.1 Å². The Balaban J connectivity index is 3.28. The quantitative estimate of drug-likeness (QED) is 0.724. The van der Waals surface area contributed by atoms with Gasteiger partial charge in [0.1, 0.15) is 0 Å². The maximum Gasteiger partial charge on any atom is 0.316 e. The lowest BCUT2D eigenvalue weighted by Gasteiger charge is -2.13. The third kappa shape index (κ3) is 2.27. The first-order chi connectivity index (χ1) is 6.06. The topological polar surface area (TPSA) is 20.3 Å². The van der Waals surface area contributed by atoms with Gasteiger partial charge in [-0.2, -0.15) is 0 Å². The van der Waals surface area contributed by atoms with Crippen LogP contribution in [0.3, 0.4) is 0 Å². The molecule has 69 valence electrons. The monoisotopic (exact) mass is 236 g/mol. The molecule has 13 heavy (non-hydrogen) atoms. The average molecular weight is 237 g/mol. The van der Waals surface area contributed by atoms with Crippen molar-refractivity contribution in [2.24, 2.45) is 0 Å². The summed E-state index contributed by atoms with van der Waals surface area (Å²) in [6.45, 7) is 0. The summed E-state index contributed by atoms with van der Waals surface area (Å²) < 4.78 is 0. The van der Waals surface area contributed by atoms with Crippen LogP contribution >= 0.6 is 34.8 Å². The predicted molar refractivity (Wildman–Crippen MR) is 55.6 cm³/mol. The first-order valence-corrected chi connectivity index (χ1v) is 4.45. The highest BCUT2D eigenvalue weighted by Gasteiger charge is 2.11. The van der Waals surface area contributed by atoms with Gasteiger partial charge in [0.2, 0.25) is 0 Å². The molecule has 0 aliphatic rings. The maximum absolute atomic E-state index is 10.3. The zero-order valence-corrected chi connectivity index (χ0v) is 8.91. The van der Waals surface area contributed by atoms with Gasteiger partial charge in [0.25, 0.3) is 0 Å². The molecule has 0 N–H and O–H groups in total. The molecule has 2 nitrogen and oxygen atoms in total. The minimum atomic E-state index is 0.323. The number of hydrogen-bond donors (Lipinski definition) is 0. The molecule has 0 atom stereocenters. The van der Waals surface area contributed by atoms with Crippen molar-refractivity contribution < 1.29 is 4.79 Å². The molecule has 0 bridgehead atoms. The molecule has 0 saturated carbocycles. The zero-order chi connectivity index (χ0) is 10.0. The third-order valence-corrected chi connectivity index (χ3v) is 2.25. The minimum Gasteiger partial charge on any atom is -0.304 e. The molecule has 1 aromatic carbocycles. The largest absolute Gasteiger partial charge is 0.316 e. The van der Waals surface area contributed by atoms with E-state index >= 15 is 0 Å². The van der Waals surface area contributed by atoms with Crippen LogP contribution in [0.15, 0.2) is 12.1 Å². The lowest BCUT2D eigenvalue weighted by Crippen LogP contribution is -2.14. The first-order valence-electron chi connectivity index (χ1n) is 3.32. The second kappa shape index (κ2) is 4.18. The van der Waals surface area contributed by atoms with Gasteiger partial charge in [-0.05, 0) is 12.1 Å². The molecule has 0 spiro atoms. The van der Waals surface area contributed by atoms with Crippen LogP contribution in [-0.4, -0.2) is 13.5 Å². The number of nitrogens with zero attached hydrogens (tertiary/aromatic N) is 1. The zero-order valence-electron chi connectivity index (χ0n) is 6.64. The molecule has 0 aromatic heterocycles. The maximum atomic E-state index is 10.3. The fraction of sp³-hybridized carbons (Fsp3) is 0.125. The molecule has 0 aliphatic carbocycles. The Labute approximate surface area is 91.0 Å². The molecule has 1 aromatic rings. The highest BCUT2D eigenvalue weighted by atomic mass is 35.5. The highest BCUT2D eigenvalue weighted by molar-refractivity contribution is 6.42. The number of carbonyl (C=O) groups excluding carboxylic acids is 1. The summed E-state index contributed by atoms with van der Waals surface area (Å²) in [5.41, 5.74) is 0.405. The molecule has 0 saturated heterocycles. The number of hydrogen-bond acceptors (Lipinski definition) is 1. The van der Waals surface area contributed by atoms with E-state index in [-0.39, 0.29) is 0 Å². The summed E-state index contributed by atoms with van der Waals surface area (Å²) in [5.74, 6) is 0. The second-order valence-corrected chi connectivity index (χ2v) is 3.62. The van der Waals surface area contributed by atoms with Crippen LogP contribution < -0.4 is 4.90 Å². The van der Waals surface area contributed by atoms with Crippen molar-refractivity contribution in [3.8, 4) is 0 Å². The van der Waals surface area contributed by atoms with Crippen LogP contribution in [0.25, 0.3) is 0 Å². The summed E-state index contributed by atoms with van der Waals surface area (Å²) in [6, 6.07) is 3.02. The van der Waals surface area contributed by atoms with Crippen molar-refractivity contribution in [3.05, 3.63) is 27.2 Å². The van der Waals surface area contributed by atoms with Crippen molar-refractivity contribution in [2.45, 2.75) is 0 Å². The molecule has 0 heterocycles. The molecule has 0 unspecified atom stereocenters. The molecular formula is C8H5Cl3NO. The van der Waals surface area contributed by atoms with Gasteiger partial charge in [-0.15, -0.1) is 0 Å². The van der Waals surface area contributed by atoms with Gasteiger partial charge in [0.15, 0.2) is 0 Å². The van der Waals surface area contributed by atoms with E-state index in [1.165, 1.54) is 24.1 Å². The molecule has 0 aliphatic heterocycles. The fourth-order valence-corrected chi connectivity index (χ4v) is 1.97. The predicted octanol–water partition coefficient (Wildman–Crippen LogP) is 3.15. The van der Waals surface area contributed by atoms with Crippen molar-refractivity contribution in [1.82, 2.24) is 0 Å². The van der Waals surface area contributed by atoms with Gasteiger partial charge in [-0.3, -0.25) is 4.79 Å². The van der Waals surface area contributed by atoms with Crippen molar-refractivity contribution in [3.63, 3.8) is 0 Å². The van der Waals surface area contributed by atoms with E-state index < -0.39 is 0 Å². The van der Waals surface area contributed by atoms with E-state index in [0.717, 1.165) is 0 Å². The van der Waals surface area contributed by atoms with Gasteiger partial charge in [-0.25, -0.2) is 0 Å². The summed E-state index contributed by atoms with van der Waals surface area (Å²) in [7, 11) is 1.51. The smallest absolute Gasteiger partial charge is 0.304 e. The summed E-state index contributed by atoms with van der Waals surface area (Å²) in [5, 5.41) is 1.07. The number of rotatable bonds is 2. The van der Waals surface area contributed by atoms with Crippen LogP contribution in [0.4, 0.5) is 5.69 Å². The van der Waals surface area contributed by atoms with Crippen LogP contribution in [0.1, 0.15) is 0 Å². The van der Waals surface area contributed by atoms with E-state index in [0.29, 0.717) is 20.8 Å². The van der Waals surface area contributed by atoms with E-state index in [9.17, 15) is 4.79 Å². The molecule has 1 radical (unpaired) electrons. The minimum absolute atomic E-state index is 0.323. The van der Waals surface area contributed by atoms with E-state index in [1.807, 2.05) is 0 Å². The van der Waals surface area contributed by atoms with Crippen LogP contribution in [0, 0.1) is 0 Å². The van der Waals surface area contributed by atoms with Gasteiger partial charge in [-0.1, -0.05) is 34.8 Å². The normalized spacial score (nSPS) is 9.85. The summed E-state index contributed by atoms with van der Waals surface area (Å²) in [6.07, 6.45) is 1.65. The highest BCUT2D eigenvalue weighted by Crippen LogP contribution is 2.35. The van der Waals surface area contributed by atoms with Crippen LogP contribution in [0.2, 0.25) is 15.1 Å². The Morgan fingerprint density at radius 1 is 1.23 bits per heavy atom. The Hall–Kier alpha value is -0.440. The number of anilines is 1. The molecule has 0 fully saturated rings. The Morgan fingerprint density at radius 2 is 1.69 bits per heavy atom. The molecule has 1 amide bonds. The third-order valence-electron chi connectivity index (χ3n) is 1.45. The van der Waals surface area contributed by atoms with Gasteiger partial charge >= 0.3 is 6.41 Å². The number of amides is 1. The van der Waals surface area contributed by atoms with E-state index in [4.69, 9.17) is 34.8 Å². The van der Waals surface area contributed by atoms with Crippen LogP contribution in [-0.2, 0) is 4.79 Å². The molecular weight excluding hydrogens is 232 g/mol. The lowest BCUT2D eigenvalue weighted by atomic mass is 10.3.